The molecule has 0 radical (unpaired) electrons. The number of likely N-dealkylation sites (N-methyl/N-ethyl adjacent to an activating group) is 1. The van der Waals surface area contributed by atoms with Crippen LogP contribution < -0.4 is 10.6 Å². The summed E-state index contributed by atoms with van der Waals surface area (Å²) < 4.78 is 0. The van der Waals surface area contributed by atoms with E-state index in [1.807, 2.05) is 50.5 Å². The number of hydrogen-bond acceptors (Lipinski definition) is 7. The predicted octanol–water partition coefficient (Wildman–Crippen LogP) is 4.19. The van der Waals surface area contributed by atoms with Gasteiger partial charge in [0, 0.05) is 42.2 Å². The number of benzene rings is 2. The van der Waals surface area contributed by atoms with Crippen LogP contribution in [0.15, 0.2) is 85.1 Å². The molecular weight excluding hydrogens is 452 g/mol. The lowest BCUT2D eigenvalue weighted by Crippen LogP contribution is -2.22. The van der Waals surface area contributed by atoms with Crippen LogP contribution in [0.3, 0.4) is 0 Å². The van der Waals surface area contributed by atoms with Gasteiger partial charge in [-0.05, 0) is 38.4 Å². The number of nitrogens with one attached hydrogen (secondary N) is 2. The van der Waals surface area contributed by atoms with Crippen molar-refractivity contribution < 1.29 is 9.59 Å². The molecule has 2 N–H and O–H groups in total. The summed E-state index contributed by atoms with van der Waals surface area (Å²) in [5.41, 5.74) is 2.50. The Kier molecular flexibility index (Phi) is 8.10. The van der Waals surface area contributed by atoms with Gasteiger partial charge >= 0.3 is 0 Å². The fourth-order valence-corrected chi connectivity index (χ4v) is 3.56. The van der Waals surface area contributed by atoms with E-state index in [4.69, 9.17) is 0 Å². The molecule has 0 aliphatic carbocycles. The maximum Gasteiger partial charge on any atom is 0.274 e. The Morgan fingerprint density at radius 2 is 1.64 bits per heavy atom. The average molecular weight is 481 g/mol. The van der Waals surface area contributed by atoms with Crippen LogP contribution in [0.2, 0.25) is 0 Å². The highest BCUT2D eigenvalue weighted by molar-refractivity contribution is 6.09. The number of Topliss-reactive ketones (excluding diaryl/α,β-unsaturated/α-hetero) is 1. The van der Waals surface area contributed by atoms with Crippen molar-refractivity contribution in [1.82, 2.24) is 19.9 Å². The van der Waals surface area contributed by atoms with E-state index in [9.17, 15) is 9.59 Å². The van der Waals surface area contributed by atoms with Crippen molar-refractivity contribution in [2.45, 2.75) is 6.42 Å². The molecule has 1 amide bonds. The van der Waals surface area contributed by atoms with Crippen molar-refractivity contribution in [2.24, 2.45) is 0 Å². The molecule has 0 saturated carbocycles. The molecule has 0 saturated heterocycles. The summed E-state index contributed by atoms with van der Waals surface area (Å²) in [5.74, 6) is 0.428. The van der Waals surface area contributed by atoms with Crippen LogP contribution in [-0.4, -0.2) is 58.7 Å². The zero-order valence-electron chi connectivity index (χ0n) is 20.3. The number of carbonyl (C=O) groups is 2. The van der Waals surface area contributed by atoms with E-state index >= 15 is 0 Å². The monoisotopic (exact) mass is 480 g/mol. The zero-order valence-corrected chi connectivity index (χ0v) is 20.3. The van der Waals surface area contributed by atoms with Gasteiger partial charge in [0.1, 0.15) is 11.5 Å². The molecule has 2 aromatic heterocycles. The first-order valence-electron chi connectivity index (χ1n) is 11.7. The summed E-state index contributed by atoms with van der Waals surface area (Å²) in [6, 6.07) is 23.5. The Hall–Kier alpha value is -4.43. The number of nitrogens with zero attached hydrogens (tertiary/aromatic N) is 4. The summed E-state index contributed by atoms with van der Waals surface area (Å²) >= 11 is 0. The fourth-order valence-electron chi connectivity index (χ4n) is 3.56. The topological polar surface area (TPSA) is 100 Å². The van der Waals surface area contributed by atoms with E-state index in [0.29, 0.717) is 35.1 Å². The maximum absolute atomic E-state index is 13.3. The maximum atomic E-state index is 13.3. The van der Waals surface area contributed by atoms with Crippen molar-refractivity contribution >= 4 is 23.2 Å². The highest BCUT2D eigenvalue weighted by atomic mass is 16.2. The van der Waals surface area contributed by atoms with Crippen LogP contribution in [0.4, 0.5) is 11.5 Å². The van der Waals surface area contributed by atoms with Crippen molar-refractivity contribution in [3.63, 3.8) is 0 Å². The summed E-state index contributed by atoms with van der Waals surface area (Å²) in [7, 11) is 3.98. The molecule has 2 aromatic carbocycles. The number of anilines is 2. The largest absolute Gasteiger partial charge is 0.369 e. The average Bonchev–Trinajstić information content (AvgIpc) is 2.89. The van der Waals surface area contributed by atoms with Crippen molar-refractivity contribution in [3.05, 3.63) is 102 Å². The Morgan fingerprint density at radius 3 is 2.39 bits per heavy atom. The van der Waals surface area contributed by atoms with Crippen LogP contribution in [0.5, 0.6) is 0 Å². The van der Waals surface area contributed by atoms with Gasteiger partial charge in [0.2, 0.25) is 0 Å². The van der Waals surface area contributed by atoms with Gasteiger partial charge in [0.05, 0.1) is 12.1 Å². The molecular formula is C28H28N6O2. The molecule has 0 bridgehead atoms. The third kappa shape index (κ3) is 6.58. The minimum absolute atomic E-state index is 0.136. The van der Waals surface area contributed by atoms with E-state index in [1.54, 1.807) is 48.7 Å². The highest BCUT2D eigenvalue weighted by Gasteiger charge is 2.18. The molecule has 4 rings (SSSR count). The number of hydrogen-bond donors (Lipinski definition) is 2. The standard InChI is InChI=1S/C28H28N6O2/c1-34(2)17-16-30-26-19-24(31-27(33-26)20-10-4-3-5-11-20)28(36)32-23-14-7-6-13-22(23)25(35)18-21-12-8-9-15-29-21/h3-15,19H,16-18H2,1-2H3,(H,32,36)(H,30,31,33). The van der Waals surface area contributed by atoms with Gasteiger partial charge < -0.3 is 15.5 Å². The van der Waals surface area contributed by atoms with Crippen LogP contribution in [0.1, 0.15) is 26.5 Å². The summed E-state index contributed by atoms with van der Waals surface area (Å²) in [6.07, 6.45) is 1.79. The van der Waals surface area contributed by atoms with E-state index < -0.39 is 5.91 Å². The lowest BCUT2D eigenvalue weighted by atomic mass is 10.0. The van der Waals surface area contributed by atoms with Crippen LogP contribution >= 0.6 is 0 Å². The molecule has 8 heteroatoms. The van der Waals surface area contributed by atoms with Crippen LogP contribution in [0, 0.1) is 0 Å². The molecule has 0 aliphatic rings. The van der Waals surface area contributed by atoms with Gasteiger partial charge in [-0.2, -0.15) is 0 Å². The first-order chi connectivity index (χ1) is 17.5. The second-order valence-electron chi connectivity index (χ2n) is 8.48. The fraction of sp³-hybridized carbons (Fsp3) is 0.179. The highest BCUT2D eigenvalue weighted by Crippen LogP contribution is 2.21. The molecule has 0 atom stereocenters. The van der Waals surface area contributed by atoms with E-state index in [1.165, 1.54) is 0 Å². The molecule has 8 nitrogen and oxygen atoms in total. The summed E-state index contributed by atoms with van der Waals surface area (Å²) in [6.45, 7) is 1.46. The Balaban J connectivity index is 1.59. The molecule has 0 fully saturated rings. The number of carbonyl (C=O) groups excluding carboxylic acids is 2. The first-order valence-corrected chi connectivity index (χ1v) is 11.7. The minimum atomic E-state index is -0.427. The number of pyridine rings is 1. The van der Waals surface area contributed by atoms with Crippen molar-refractivity contribution in [2.75, 3.05) is 37.8 Å². The second-order valence-corrected chi connectivity index (χ2v) is 8.48. The predicted molar refractivity (Wildman–Crippen MR) is 141 cm³/mol. The van der Waals surface area contributed by atoms with Crippen molar-refractivity contribution in [1.29, 1.82) is 0 Å². The number of aromatic nitrogens is 3. The van der Waals surface area contributed by atoms with E-state index in [2.05, 4.69) is 30.5 Å². The van der Waals surface area contributed by atoms with E-state index in [0.717, 1.165) is 12.1 Å². The Labute approximate surface area is 210 Å². The molecule has 36 heavy (non-hydrogen) atoms. The summed E-state index contributed by atoms with van der Waals surface area (Å²) in [5, 5.41) is 6.14. The van der Waals surface area contributed by atoms with Gasteiger partial charge in [-0.25, -0.2) is 9.97 Å². The van der Waals surface area contributed by atoms with Crippen LogP contribution in [0.25, 0.3) is 11.4 Å². The number of amides is 1. The quantitative estimate of drug-likeness (QED) is 0.328. The van der Waals surface area contributed by atoms with Gasteiger partial charge in [-0.3, -0.25) is 14.6 Å². The zero-order chi connectivity index (χ0) is 25.3. The number of ketones is 1. The Bertz CT molecular complexity index is 1330. The number of rotatable bonds is 10. The smallest absolute Gasteiger partial charge is 0.274 e. The molecule has 0 unspecified atom stereocenters. The molecule has 0 spiro atoms. The second kappa shape index (κ2) is 11.8. The van der Waals surface area contributed by atoms with E-state index in [-0.39, 0.29) is 17.9 Å². The van der Waals surface area contributed by atoms with Gasteiger partial charge in [-0.1, -0.05) is 48.5 Å². The number of para-hydroxylation sites is 1. The summed E-state index contributed by atoms with van der Waals surface area (Å²) in [4.78, 5) is 41.7. The SMILES string of the molecule is CN(C)CCNc1cc(C(=O)Nc2ccccc2C(=O)Cc2ccccn2)nc(-c2ccccc2)n1. The molecule has 0 aliphatic heterocycles. The van der Waals surface area contributed by atoms with Gasteiger partial charge in [0.25, 0.3) is 5.91 Å². The van der Waals surface area contributed by atoms with Gasteiger partial charge in [0.15, 0.2) is 11.6 Å². The van der Waals surface area contributed by atoms with Crippen molar-refractivity contribution in [3.8, 4) is 11.4 Å². The van der Waals surface area contributed by atoms with Gasteiger partial charge in [-0.15, -0.1) is 0 Å². The third-order valence-electron chi connectivity index (χ3n) is 5.40. The van der Waals surface area contributed by atoms with Crippen LogP contribution in [-0.2, 0) is 6.42 Å². The molecule has 182 valence electrons. The third-order valence-corrected chi connectivity index (χ3v) is 5.40. The lowest BCUT2D eigenvalue weighted by molar-refractivity contribution is 0.0992. The molecule has 4 aromatic rings. The Morgan fingerprint density at radius 1 is 0.889 bits per heavy atom. The molecule has 2 heterocycles. The first kappa shape index (κ1) is 24.7. The lowest BCUT2D eigenvalue weighted by Gasteiger charge is -2.14. The normalized spacial score (nSPS) is 10.8. The minimum Gasteiger partial charge on any atom is -0.369 e.